The van der Waals surface area contributed by atoms with E-state index in [1.807, 2.05) is 0 Å². The minimum Gasteiger partial charge on any atom is -0.267 e. The zero-order valence-corrected chi connectivity index (χ0v) is 17.0. The highest BCUT2D eigenvalue weighted by molar-refractivity contribution is 7.91. The molecule has 0 bridgehead atoms. The quantitative estimate of drug-likeness (QED) is 0.608. The number of nitrogens with zero attached hydrogens (tertiary/aromatic N) is 5. The van der Waals surface area contributed by atoms with Gasteiger partial charge in [-0.15, -0.1) is 0 Å². The van der Waals surface area contributed by atoms with E-state index in [4.69, 9.17) is 0 Å². The van der Waals surface area contributed by atoms with Gasteiger partial charge in [0.2, 0.25) is 0 Å². The zero-order chi connectivity index (χ0) is 22.1. The first-order valence-electron chi connectivity index (χ1n) is 9.61. The molecule has 0 N–H and O–H groups in total. The number of rotatable bonds is 4. The van der Waals surface area contributed by atoms with Crippen molar-refractivity contribution in [2.45, 2.75) is 36.9 Å². The lowest BCUT2D eigenvalue weighted by atomic mass is 10.0. The second-order valence-electron chi connectivity index (χ2n) is 7.54. The van der Waals surface area contributed by atoms with Gasteiger partial charge in [-0.3, -0.25) is 4.57 Å². The van der Waals surface area contributed by atoms with E-state index < -0.39 is 33.4 Å². The Hall–Kier alpha value is -3.02. The van der Waals surface area contributed by atoms with Gasteiger partial charge < -0.3 is 0 Å². The van der Waals surface area contributed by atoms with E-state index in [9.17, 15) is 26.4 Å². The molecule has 0 aromatic carbocycles. The third kappa shape index (κ3) is 3.08. The van der Waals surface area contributed by atoms with Crippen molar-refractivity contribution in [1.82, 2.24) is 19.2 Å². The number of aliphatic imine (C=N–C) groups is 1. The number of fused-ring (bicyclic) bond motifs is 2. The second-order valence-corrected chi connectivity index (χ2v) is 9.76. The van der Waals surface area contributed by atoms with Gasteiger partial charge in [0.1, 0.15) is 16.4 Å². The Morgan fingerprint density at radius 3 is 2.61 bits per heavy atom. The Balaban J connectivity index is 1.79. The summed E-state index contributed by atoms with van der Waals surface area (Å²) in [6, 6.07) is 4.95. The number of alkyl halides is 3. The Morgan fingerprint density at radius 1 is 1.23 bits per heavy atom. The Labute approximate surface area is 174 Å². The van der Waals surface area contributed by atoms with Crippen LogP contribution in [0.4, 0.5) is 19.0 Å². The summed E-state index contributed by atoms with van der Waals surface area (Å²) >= 11 is 0. The van der Waals surface area contributed by atoms with Gasteiger partial charge in [0.25, 0.3) is 0 Å². The van der Waals surface area contributed by atoms with Gasteiger partial charge in [-0.2, -0.15) is 23.3 Å². The summed E-state index contributed by atoms with van der Waals surface area (Å²) in [7, 11) is -3.75. The fourth-order valence-corrected chi connectivity index (χ4v) is 5.13. The summed E-state index contributed by atoms with van der Waals surface area (Å²) in [5.41, 5.74) is -1.82. The van der Waals surface area contributed by atoms with Crippen LogP contribution in [0.25, 0.3) is 5.52 Å². The van der Waals surface area contributed by atoms with E-state index in [-0.39, 0.29) is 33.8 Å². The monoisotopic (exact) mass is 451 g/mol. The van der Waals surface area contributed by atoms with Crippen LogP contribution >= 0.6 is 0 Å². The molecule has 8 nitrogen and oxygen atoms in total. The predicted molar refractivity (Wildman–Crippen MR) is 104 cm³/mol. The largest absolute Gasteiger partial charge is 0.433 e. The summed E-state index contributed by atoms with van der Waals surface area (Å²) < 4.78 is 67.9. The van der Waals surface area contributed by atoms with Crippen molar-refractivity contribution in [2.24, 2.45) is 10.9 Å². The van der Waals surface area contributed by atoms with Crippen LogP contribution in [0, 0.1) is 5.92 Å². The van der Waals surface area contributed by atoms with Crippen LogP contribution in [-0.4, -0.2) is 39.0 Å². The van der Waals surface area contributed by atoms with Gasteiger partial charge in [-0.1, -0.05) is 13.0 Å². The third-order valence-electron chi connectivity index (χ3n) is 5.52. The van der Waals surface area contributed by atoms with E-state index in [1.165, 1.54) is 11.4 Å². The molecule has 1 fully saturated rings. The van der Waals surface area contributed by atoms with Crippen molar-refractivity contribution in [3.8, 4) is 0 Å². The smallest absolute Gasteiger partial charge is 0.267 e. The highest BCUT2D eigenvalue weighted by Crippen LogP contribution is 2.47. The minimum absolute atomic E-state index is 0.0372. The van der Waals surface area contributed by atoms with E-state index in [1.54, 1.807) is 24.4 Å². The summed E-state index contributed by atoms with van der Waals surface area (Å²) in [4.78, 5) is 20.0. The van der Waals surface area contributed by atoms with Crippen molar-refractivity contribution in [3.05, 3.63) is 52.3 Å². The average molecular weight is 451 g/mol. The number of hydrogen-bond acceptors (Lipinski definition) is 6. The molecule has 1 aliphatic heterocycles. The van der Waals surface area contributed by atoms with Crippen molar-refractivity contribution in [2.75, 3.05) is 5.75 Å². The van der Waals surface area contributed by atoms with E-state index in [0.717, 1.165) is 17.4 Å². The van der Waals surface area contributed by atoms with Gasteiger partial charge >= 0.3 is 11.9 Å². The fraction of sp³-hybridized carbons (Fsp3) is 0.368. The zero-order valence-electron chi connectivity index (χ0n) is 16.2. The van der Waals surface area contributed by atoms with Crippen molar-refractivity contribution in [3.63, 3.8) is 0 Å². The van der Waals surface area contributed by atoms with Gasteiger partial charge in [0.05, 0.1) is 23.0 Å². The van der Waals surface area contributed by atoms with E-state index >= 15 is 0 Å². The molecule has 0 radical (unpaired) electrons. The molecular formula is C19H16F3N5O3S. The van der Waals surface area contributed by atoms with Gasteiger partial charge in [0.15, 0.2) is 15.5 Å². The lowest BCUT2D eigenvalue weighted by Crippen LogP contribution is -2.32. The molecule has 162 valence electrons. The maximum absolute atomic E-state index is 13.2. The first-order chi connectivity index (χ1) is 14.6. The van der Waals surface area contributed by atoms with Crippen LogP contribution in [0.1, 0.15) is 37.2 Å². The molecule has 2 aliphatic rings. The second kappa shape index (κ2) is 6.49. The molecule has 1 unspecified atom stereocenters. The number of sulfone groups is 1. The predicted octanol–water partition coefficient (Wildman–Crippen LogP) is 2.79. The number of pyridine rings is 1. The Kier molecular flexibility index (Phi) is 4.17. The first-order valence-corrected chi connectivity index (χ1v) is 11.3. The SMILES string of the molecule is CCS(=O)(=O)c1c(C2=Nc3cc(C(F)(F)F)nc(=O)n3C2C2CC2)nn2ccccc12. The molecule has 12 heteroatoms. The van der Waals surface area contributed by atoms with Crippen LogP contribution in [-0.2, 0) is 16.0 Å². The molecule has 3 aromatic rings. The van der Waals surface area contributed by atoms with E-state index in [2.05, 4.69) is 15.1 Å². The molecule has 1 atom stereocenters. The summed E-state index contributed by atoms with van der Waals surface area (Å²) in [6.07, 6.45) is -1.75. The van der Waals surface area contributed by atoms with Crippen LogP contribution < -0.4 is 5.69 Å². The maximum atomic E-state index is 13.2. The lowest BCUT2D eigenvalue weighted by molar-refractivity contribution is -0.141. The van der Waals surface area contributed by atoms with Crippen LogP contribution in [0.15, 0.2) is 45.1 Å². The first kappa shape index (κ1) is 19.9. The molecule has 0 spiro atoms. The van der Waals surface area contributed by atoms with Gasteiger partial charge in [-0.05, 0) is 30.9 Å². The van der Waals surface area contributed by atoms with Gasteiger partial charge in [0, 0.05) is 12.3 Å². The molecule has 1 saturated carbocycles. The van der Waals surface area contributed by atoms with Crippen LogP contribution in [0.3, 0.4) is 0 Å². The third-order valence-corrected chi connectivity index (χ3v) is 7.30. The Morgan fingerprint density at radius 2 is 1.97 bits per heavy atom. The Bertz CT molecular complexity index is 1420. The van der Waals surface area contributed by atoms with E-state index in [0.29, 0.717) is 11.6 Å². The molecule has 3 aromatic heterocycles. The van der Waals surface area contributed by atoms with Crippen molar-refractivity contribution >= 4 is 26.9 Å². The molecule has 4 heterocycles. The summed E-state index contributed by atoms with van der Waals surface area (Å²) in [6.45, 7) is 1.50. The number of halogens is 3. The van der Waals surface area contributed by atoms with Crippen molar-refractivity contribution in [1.29, 1.82) is 0 Å². The molecule has 5 rings (SSSR count). The fourth-order valence-electron chi connectivity index (χ4n) is 3.92. The minimum atomic E-state index is -4.80. The molecular weight excluding hydrogens is 435 g/mol. The standard InChI is InChI=1S/C19H16F3N5O3S/c1-2-31(29,30)17-11-5-3-4-8-26(11)25-15(17)14-16(10-6-7-10)27-13(24-14)9-12(19(20,21)22)23-18(27)28/h3-5,8-10,16H,2,6-7H2,1H3. The molecule has 1 aliphatic carbocycles. The molecule has 0 saturated heterocycles. The number of aromatic nitrogens is 4. The normalized spacial score (nSPS) is 19.0. The highest BCUT2D eigenvalue weighted by Gasteiger charge is 2.45. The van der Waals surface area contributed by atoms with Crippen LogP contribution in [0.5, 0.6) is 0 Å². The summed E-state index contributed by atoms with van der Waals surface area (Å²) in [5.74, 6) is -0.445. The van der Waals surface area contributed by atoms with Gasteiger partial charge in [-0.25, -0.2) is 22.7 Å². The summed E-state index contributed by atoms with van der Waals surface area (Å²) in [5, 5.41) is 4.40. The molecule has 0 amide bonds. The van der Waals surface area contributed by atoms with Crippen LogP contribution in [0.2, 0.25) is 0 Å². The maximum Gasteiger partial charge on any atom is 0.433 e. The molecule has 31 heavy (non-hydrogen) atoms. The average Bonchev–Trinajstić information content (AvgIpc) is 3.34. The number of hydrogen-bond donors (Lipinski definition) is 0. The highest BCUT2D eigenvalue weighted by atomic mass is 32.2. The topological polar surface area (TPSA) is 98.7 Å². The van der Waals surface area contributed by atoms with Crippen molar-refractivity contribution < 1.29 is 21.6 Å². The lowest BCUT2D eigenvalue weighted by Gasteiger charge is -2.16.